The molecule has 2 saturated heterocycles. The van der Waals surface area contributed by atoms with Crippen molar-refractivity contribution in [3.63, 3.8) is 0 Å². The Bertz CT molecular complexity index is 417. The van der Waals surface area contributed by atoms with Gasteiger partial charge in [-0.25, -0.2) is 8.42 Å². The van der Waals surface area contributed by atoms with Crippen LogP contribution in [0, 0.1) is 0 Å². The van der Waals surface area contributed by atoms with Gasteiger partial charge in [0.05, 0.1) is 17.3 Å². The van der Waals surface area contributed by atoms with E-state index in [0.717, 1.165) is 25.9 Å². The lowest BCUT2D eigenvalue weighted by molar-refractivity contribution is -0.119. The predicted octanol–water partition coefficient (Wildman–Crippen LogP) is 0.117. The minimum absolute atomic E-state index is 0.0452. The first-order valence-electron chi connectivity index (χ1n) is 6.74. The second-order valence-electron chi connectivity index (χ2n) is 5.48. The van der Waals surface area contributed by atoms with E-state index in [1.165, 1.54) is 11.8 Å². The maximum Gasteiger partial charge on any atom is 0.230 e. The number of carbonyl (C=O) groups excluding carboxylic acids is 1. The van der Waals surface area contributed by atoms with Gasteiger partial charge in [-0.15, -0.1) is 11.8 Å². The van der Waals surface area contributed by atoms with Crippen LogP contribution < -0.4 is 5.32 Å². The predicted molar refractivity (Wildman–Crippen MR) is 78.2 cm³/mol. The van der Waals surface area contributed by atoms with Crippen LogP contribution in [0.4, 0.5) is 0 Å². The van der Waals surface area contributed by atoms with Crippen LogP contribution in [0.3, 0.4) is 0 Å². The van der Waals surface area contributed by atoms with Crippen LogP contribution in [-0.4, -0.2) is 67.9 Å². The van der Waals surface area contributed by atoms with Gasteiger partial charge in [0.2, 0.25) is 5.91 Å². The van der Waals surface area contributed by atoms with Gasteiger partial charge in [0, 0.05) is 11.3 Å². The summed E-state index contributed by atoms with van der Waals surface area (Å²) in [4.78, 5) is 14.1. The number of piperidine rings is 1. The molecule has 19 heavy (non-hydrogen) atoms. The molecule has 1 atom stereocenters. The van der Waals surface area contributed by atoms with Crippen LogP contribution >= 0.6 is 11.8 Å². The third-order valence-corrected chi connectivity index (χ3v) is 7.01. The minimum Gasteiger partial charge on any atom is -0.353 e. The molecule has 2 fully saturated rings. The average molecular weight is 306 g/mol. The average Bonchev–Trinajstić information content (AvgIpc) is 2.69. The monoisotopic (exact) mass is 306 g/mol. The molecule has 0 radical (unpaired) electrons. The van der Waals surface area contributed by atoms with E-state index < -0.39 is 9.84 Å². The summed E-state index contributed by atoms with van der Waals surface area (Å²) in [5, 5.41) is 3.15. The summed E-state index contributed by atoms with van der Waals surface area (Å²) in [6.45, 7) is 2.05. The maximum absolute atomic E-state index is 11.8. The van der Waals surface area contributed by atoms with Gasteiger partial charge in [-0.1, -0.05) is 0 Å². The molecule has 0 aromatic heterocycles. The molecule has 1 unspecified atom stereocenters. The Morgan fingerprint density at radius 1 is 1.32 bits per heavy atom. The number of rotatable bonds is 4. The Morgan fingerprint density at radius 3 is 2.58 bits per heavy atom. The molecule has 7 heteroatoms. The van der Waals surface area contributed by atoms with Crippen LogP contribution in [0.2, 0.25) is 0 Å². The Kier molecular flexibility index (Phi) is 5.14. The SMILES string of the molecule is CN1CCC(NC(=O)CSC2CCS(=O)(=O)C2)CC1. The zero-order valence-electron chi connectivity index (χ0n) is 11.3. The summed E-state index contributed by atoms with van der Waals surface area (Å²) in [5.74, 6) is 0.941. The Labute approximate surface area is 119 Å². The highest BCUT2D eigenvalue weighted by atomic mass is 32.2. The highest BCUT2D eigenvalue weighted by molar-refractivity contribution is 8.02. The number of thioether (sulfide) groups is 1. The van der Waals surface area contributed by atoms with E-state index in [1.54, 1.807) is 0 Å². The van der Waals surface area contributed by atoms with Gasteiger partial charge in [0.15, 0.2) is 9.84 Å². The van der Waals surface area contributed by atoms with Crippen molar-refractivity contribution in [1.82, 2.24) is 10.2 Å². The zero-order valence-corrected chi connectivity index (χ0v) is 12.9. The second kappa shape index (κ2) is 6.45. The van der Waals surface area contributed by atoms with Crippen molar-refractivity contribution in [3.05, 3.63) is 0 Å². The van der Waals surface area contributed by atoms with E-state index in [4.69, 9.17) is 0 Å². The Morgan fingerprint density at radius 2 is 2.00 bits per heavy atom. The molecule has 0 saturated carbocycles. The fourth-order valence-electron chi connectivity index (χ4n) is 2.51. The largest absolute Gasteiger partial charge is 0.353 e. The third kappa shape index (κ3) is 4.96. The Hall–Kier alpha value is -0.270. The normalized spacial score (nSPS) is 28.4. The number of amides is 1. The second-order valence-corrected chi connectivity index (χ2v) is 9.00. The molecular formula is C12H22N2O3S2. The highest BCUT2D eigenvalue weighted by Gasteiger charge is 2.28. The van der Waals surface area contributed by atoms with Gasteiger partial charge >= 0.3 is 0 Å². The van der Waals surface area contributed by atoms with E-state index in [2.05, 4.69) is 17.3 Å². The lowest BCUT2D eigenvalue weighted by Gasteiger charge is -2.29. The molecule has 0 aromatic carbocycles. The van der Waals surface area contributed by atoms with Gasteiger partial charge in [0.1, 0.15) is 0 Å². The number of nitrogens with one attached hydrogen (secondary N) is 1. The Balaban J connectivity index is 1.65. The summed E-state index contributed by atoms with van der Waals surface area (Å²) < 4.78 is 22.6. The van der Waals surface area contributed by atoms with E-state index in [0.29, 0.717) is 12.2 Å². The molecule has 2 aliphatic heterocycles. The quantitative estimate of drug-likeness (QED) is 0.799. The molecule has 5 nitrogen and oxygen atoms in total. The van der Waals surface area contributed by atoms with Gasteiger partial charge in [-0.05, 0) is 39.4 Å². The summed E-state index contributed by atoms with van der Waals surface area (Å²) in [5.41, 5.74) is 0. The number of hydrogen-bond acceptors (Lipinski definition) is 5. The van der Waals surface area contributed by atoms with Crippen LogP contribution in [0.15, 0.2) is 0 Å². The molecule has 0 aliphatic carbocycles. The lowest BCUT2D eigenvalue weighted by atomic mass is 10.1. The summed E-state index contributed by atoms with van der Waals surface area (Å²) >= 11 is 1.48. The van der Waals surface area contributed by atoms with E-state index in [-0.39, 0.29) is 28.7 Å². The smallest absolute Gasteiger partial charge is 0.230 e. The third-order valence-electron chi connectivity index (χ3n) is 3.72. The number of nitrogens with zero attached hydrogens (tertiary/aromatic N) is 1. The molecule has 2 aliphatic rings. The maximum atomic E-state index is 11.8. The fourth-order valence-corrected chi connectivity index (χ4v) is 5.96. The first-order chi connectivity index (χ1) is 8.94. The molecular weight excluding hydrogens is 284 g/mol. The fraction of sp³-hybridized carbons (Fsp3) is 0.917. The first kappa shape index (κ1) is 15.1. The number of hydrogen-bond donors (Lipinski definition) is 1. The minimum atomic E-state index is -2.83. The highest BCUT2D eigenvalue weighted by Crippen LogP contribution is 2.24. The van der Waals surface area contributed by atoms with Crippen LogP contribution in [0.25, 0.3) is 0 Å². The lowest BCUT2D eigenvalue weighted by Crippen LogP contribution is -2.44. The van der Waals surface area contributed by atoms with Crippen molar-refractivity contribution in [2.75, 3.05) is 37.4 Å². The summed E-state index contributed by atoms with van der Waals surface area (Å²) in [6, 6.07) is 0.289. The van der Waals surface area contributed by atoms with E-state index in [9.17, 15) is 13.2 Å². The van der Waals surface area contributed by atoms with Crippen LogP contribution in [0.5, 0.6) is 0 Å². The van der Waals surface area contributed by atoms with Gasteiger partial charge < -0.3 is 10.2 Å². The van der Waals surface area contributed by atoms with Crippen molar-refractivity contribution >= 4 is 27.5 Å². The van der Waals surface area contributed by atoms with Crippen molar-refractivity contribution < 1.29 is 13.2 Å². The topological polar surface area (TPSA) is 66.5 Å². The van der Waals surface area contributed by atoms with Crippen molar-refractivity contribution in [1.29, 1.82) is 0 Å². The molecule has 0 bridgehead atoms. The van der Waals surface area contributed by atoms with Crippen molar-refractivity contribution in [2.24, 2.45) is 0 Å². The van der Waals surface area contributed by atoms with Gasteiger partial charge in [-0.2, -0.15) is 0 Å². The van der Waals surface area contributed by atoms with Crippen molar-refractivity contribution in [3.8, 4) is 0 Å². The number of likely N-dealkylation sites (tertiary alicyclic amines) is 1. The standard InChI is InChI=1S/C12H22N2O3S2/c1-14-5-2-10(3-6-14)13-12(15)8-18-11-4-7-19(16,17)9-11/h10-11H,2-9H2,1H3,(H,13,15). The van der Waals surface area contributed by atoms with Crippen molar-refractivity contribution in [2.45, 2.75) is 30.6 Å². The zero-order chi connectivity index (χ0) is 13.9. The number of carbonyl (C=O) groups is 1. The van der Waals surface area contributed by atoms with E-state index in [1.807, 2.05) is 0 Å². The number of sulfone groups is 1. The van der Waals surface area contributed by atoms with Crippen LogP contribution in [-0.2, 0) is 14.6 Å². The molecule has 110 valence electrons. The molecule has 0 aromatic rings. The summed E-state index contributed by atoms with van der Waals surface area (Å²) in [6.07, 6.45) is 2.70. The van der Waals surface area contributed by atoms with Gasteiger partial charge in [0.25, 0.3) is 0 Å². The molecule has 0 spiro atoms. The van der Waals surface area contributed by atoms with Crippen LogP contribution in [0.1, 0.15) is 19.3 Å². The molecule has 2 heterocycles. The first-order valence-corrected chi connectivity index (χ1v) is 9.61. The van der Waals surface area contributed by atoms with E-state index >= 15 is 0 Å². The van der Waals surface area contributed by atoms with Gasteiger partial charge in [-0.3, -0.25) is 4.79 Å². The summed E-state index contributed by atoms with van der Waals surface area (Å²) in [7, 11) is -0.743. The molecule has 1 N–H and O–H groups in total. The molecule has 1 amide bonds. The molecule has 2 rings (SSSR count).